The fourth-order valence-electron chi connectivity index (χ4n) is 3.09. The Morgan fingerprint density at radius 2 is 1.69 bits per heavy atom. The minimum atomic E-state index is 0.0700. The van der Waals surface area contributed by atoms with Crippen molar-refractivity contribution in [1.82, 2.24) is 14.7 Å². The third-order valence-corrected chi connectivity index (χ3v) is 5.48. The van der Waals surface area contributed by atoms with Crippen molar-refractivity contribution in [2.24, 2.45) is 0 Å². The van der Waals surface area contributed by atoms with E-state index in [1.165, 1.54) is 22.7 Å². The van der Waals surface area contributed by atoms with E-state index in [4.69, 9.17) is 4.98 Å². The van der Waals surface area contributed by atoms with Crippen LogP contribution in [0.1, 0.15) is 37.2 Å². The fraction of sp³-hybridized carbons (Fsp3) is 0.348. The van der Waals surface area contributed by atoms with E-state index in [1.54, 1.807) is 0 Å². The average molecular weight is 409 g/mol. The second-order valence-corrected chi connectivity index (χ2v) is 8.01. The van der Waals surface area contributed by atoms with Crippen LogP contribution >= 0.6 is 11.5 Å². The Balaban J connectivity index is 1.49. The molecular weight excluding hydrogens is 380 g/mol. The van der Waals surface area contributed by atoms with Gasteiger partial charge in [0.05, 0.1) is 0 Å². The van der Waals surface area contributed by atoms with Gasteiger partial charge in [0.1, 0.15) is 5.82 Å². The first-order valence-electron chi connectivity index (χ1n) is 10.1. The Labute approximate surface area is 177 Å². The quantitative estimate of drug-likeness (QED) is 0.549. The fourth-order valence-corrected chi connectivity index (χ4v) is 3.93. The summed E-state index contributed by atoms with van der Waals surface area (Å²) in [4.78, 5) is 19.1. The molecule has 1 heterocycles. The van der Waals surface area contributed by atoms with Crippen molar-refractivity contribution in [3.63, 3.8) is 0 Å². The molecule has 29 heavy (non-hydrogen) atoms. The predicted octanol–water partition coefficient (Wildman–Crippen LogP) is 4.09. The summed E-state index contributed by atoms with van der Waals surface area (Å²) in [6, 6.07) is 20.7. The zero-order valence-corrected chi connectivity index (χ0v) is 17.9. The van der Waals surface area contributed by atoms with Gasteiger partial charge in [-0.1, -0.05) is 60.7 Å². The van der Waals surface area contributed by atoms with Gasteiger partial charge in [0.15, 0.2) is 0 Å². The van der Waals surface area contributed by atoms with Crippen molar-refractivity contribution in [3.05, 3.63) is 77.6 Å². The maximum Gasteiger partial charge on any atom is 0.221 e. The van der Waals surface area contributed by atoms with Crippen molar-refractivity contribution >= 4 is 22.6 Å². The Morgan fingerprint density at radius 1 is 1.03 bits per heavy atom. The van der Waals surface area contributed by atoms with Crippen LogP contribution in [0.3, 0.4) is 0 Å². The number of carbonyl (C=O) groups is 1. The third kappa shape index (κ3) is 6.68. The second-order valence-electron chi connectivity index (χ2n) is 7.28. The van der Waals surface area contributed by atoms with Crippen LogP contribution in [0, 0.1) is 0 Å². The number of anilines is 1. The van der Waals surface area contributed by atoms with Crippen LogP contribution in [0.15, 0.2) is 60.7 Å². The number of nitrogens with zero attached hydrogens (tertiary/aromatic N) is 3. The van der Waals surface area contributed by atoms with Crippen LogP contribution in [0.25, 0.3) is 0 Å². The molecule has 2 aromatic carbocycles. The molecule has 0 aliphatic rings. The van der Waals surface area contributed by atoms with E-state index in [0.29, 0.717) is 19.5 Å². The lowest BCUT2D eigenvalue weighted by atomic mass is 10.1. The van der Waals surface area contributed by atoms with Crippen LogP contribution in [-0.2, 0) is 17.6 Å². The number of aromatic nitrogens is 2. The molecule has 1 amide bonds. The Hall–Kier alpha value is -2.73. The summed E-state index contributed by atoms with van der Waals surface area (Å²) in [6.07, 6.45) is 2.02. The molecule has 0 unspecified atom stereocenters. The first kappa shape index (κ1) is 21.0. The minimum Gasteiger partial charge on any atom is -0.356 e. The van der Waals surface area contributed by atoms with Crippen LogP contribution in [-0.4, -0.2) is 34.4 Å². The Bertz CT molecular complexity index is 880. The highest BCUT2D eigenvalue weighted by atomic mass is 32.1. The summed E-state index contributed by atoms with van der Waals surface area (Å²) >= 11 is 1.41. The van der Waals surface area contributed by atoms with Gasteiger partial charge in [0.25, 0.3) is 0 Å². The van der Waals surface area contributed by atoms with Crippen molar-refractivity contribution in [3.8, 4) is 0 Å². The van der Waals surface area contributed by atoms with E-state index in [9.17, 15) is 4.79 Å². The lowest BCUT2D eigenvalue weighted by molar-refractivity contribution is -0.120. The lowest BCUT2D eigenvalue weighted by Gasteiger charge is -2.25. The zero-order chi connectivity index (χ0) is 20.5. The summed E-state index contributed by atoms with van der Waals surface area (Å²) in [7, 11) is 0. The lowest BCUT2D eigenvalue weighted by Crippen LogP contribution is -2.35. The summed E-state index contributed by atoms with van der Waals surface area (Å²) in [5.74, 6) is 0.898. The molecule has 1 N–H and O–H groups in total. The first-order chi connectivity index (χ1) is 14.1. The summed E-state index contributed by atoms with van der Waals surface area (Å²) in [5.41, 5.74) is 2.43. The van der Waals surface area contributed by atoms with E-state index in [2.05, 4.69) is 52.7 Å². The Morgan fingerprint density at radius 3 is 2.34 bits per heavy atom. The molecule has 0 bridgehead atoms. The molecule has 5 nitrogen and oxygen atoms in total. The third-order valence-electron chi connectivity index (χ3n) is 4.69. The monoisotopic (exact) mass is 408 g/mol. The topological polar surface area (TPSA) is 58.1 Å². The summed E-state index contributed by atoms with van der Waals surface area (Å²) < 4.78 is 4.51. The molecule has 0 spiro atoms. The molecule has 152 valence electrons. The second kappa shape index (κ2) is 10.7. The van der Waals surface area contributed by atoms with Crippen LogP contribution < -0.4 is 10.2 Å². The summed E-state index contributed by atoms with van der Waals surface area (Å²) in [6.45, 7) is 5.52. The summed E-state index contributed by atoms with van der Waals surface area (Å²) in [5, 5.41) is 3.89. The van der Waals surface area contributed by atoms with Gasteiger partial charge in [0, 0.05) is 43.5 Å². The van der Waals surface area contributed by atoms with Gasteiger partial charge in [-0.15, -0.1) is 0 Å². The highest BCUT2D eigenvalue weighted by Crippen LogP contribution is 2.21. The molecule has 0 aliphatic carbocycles. The minimum absolute atomic E-state index is 0.0700. The highest BCUT2D eigenvalue weighted by molar-refractivity contribution is 7.09. The van der Waals surface area contributed by atoms with E-state index in [0.717, 1.165) is 23.8 Å². The van der Waals surface area contributed by atoms with E-state index in [1.807, 2.05) is 36.4 Å². The molecular formula is C23H28N4OS. The maximum atomic E-state index is 12.3. The number of hydrogen-bond acceptors (Lipinski definition) is 5. The molecule has 0 atom stereocenters. The number of hydrogen-bond donors (Lipinski definition) is 1. The average Bonchev–Trinajstić information content (AvgIpc) is 3.17. The maximum absolute atomic E-state index is 12.3. The van der Waals surface area contributed by atoms with Gasteiger partial charge < -0.3 is 10.2 Å². The molecule has 0 aliphatic heterocycles. The molecule has 0 saturated carbocycles. The van der Waals surface area contributed by atoms with E-state index in [-0.39, 0.29) is 11.9 Å². The van der Waals surface area contributed by atoms with Gasteiger partial charge in [0.2, 0.25) is 11.0 Å². The molecule has 0 radical (unpaired) electrons. The highest BCUT2D eigenvalue weighted by Gasteiger charge is 2.17. The van der Waals surface area contributed by atoms with Crippen molar-refractivity contribution in [2.45, 2.75) is 39.2 Å². The number of amides is 1. The van der Waals surface area contributed by atoms with Crippen LogP contribution in [0.4, 0.5) is 5.13 Å². The van der Waals surface area contributed by atoms with Crippen LogP contribution in [0.5, 0.6) is 0 Å². The van der Waals surface area contributed by atoms with Gasteiger partial charge in [-0.05, 0) is 31.4 Å². The first-order valence-corrected chi connectivity index (χ1v) is 10.8. The molecule has 1 aromatic heterocycles. The largest absolute Gasteiger partial charge is 0.356 e. The van der Waals surface area contributed by atoms with Crippen LogP contribution in [0.2, 0.25) is 0 Å². The normalized spacial score (nSPS) is 10.9. The number of carbonyl (C=O) groups excluding carboxylic acids is 1. The molecule has 6 heteroatoms. The predicted molar refractivity (Wildman–Crippen MR) is 119 cm³/mol. The molecule has 3 rings (SSSR count). The SMILES string of the molecule is CC(C)N(CCC(=O)NCCc1ccccc1)c1nc(Cc2ccccc2)ns1. The van der Waals surface area contributed by atoms with Gasteiger partial charge >= 0.3 is 0 Å². The van der Waals surface area contributed by atoms with Gasteiger partial charge in [-0.2, -0.15) is 4.37 Å². The standard InChI is InChI=1S/C23H28N4OS/c1-18(2)27(16-14-22(28)24-15-13-19-9-5-3-6-10-19)23-25-21(26-29-23)17-20-11-7-4-8-12-20/h3-12,18H,13-17H2,1-2H3,(H,24,28). The zero-order valence-electron chi connectivity index (χ0n) is 17.0. The smallest absolute Gasteiger partial charge is 0.221 e. The number of nitrogens with one attached hydrogen (secondary N) is 1. The van der Waals surface area contributed by atoms with Gasteiger partial charge in [-0.3, -0.25) is 4.79 Å². The number of rotatable bonds is 10. The van der Waals surface area contributed by atoms with Crippen molar-refractivity contribution in [1.29, 1.82) is 0 Å². The van der Waals surface area contributed by atoms with Crippen molar-refractivity contribution < 1.29 is 4.79 Å². The van der Waals surface area contributed by atoms with E-state index >= 15 is 0 Å². The van der Waals surface area contributed by atoms with Crippen molar-refractivity contribution in [2.75, 3.05) is 18.0 Å². The number of benzene rings is 2. The molecule has 0 saturated heterocycles. The Kier molecular flexibility index (Phi) is 7.76. The molecule has 3 aromatic rings. The van der Waals surface area contributed by atoms with Gasteiger partial charge in [-0.25, -0.2) is 4.98 Å². The molecule has 0 fully saturated rings. The van der Waals surface area contributed by atoms with E-state index < -0.39 is 0 Å².